The van der Waals surface area contributed by atoms with Gasteiger partial charge in [0.15, 0.2) is 0 Å². The van der Waals surface area contributed by atoms with Gasteiger partial charge in [-0.3, -0.25) is 4.79 Å². The number of benzene rings is 1. The molecule has 1 aromatic carbocycles. The largest absolute Gasteiger partial charge is 0.497 e. The minimum Gasteiger partial charge on any atom is -0.497 e. The lowest BCUT2D eigenvalue weighted by molar-refractivity contribution is -0.128. The van der Waals surface area contributed by atoms with Crippen LogP contribution >= 0.6 is 0 Å². The number of carbonyl (C=O) groups is 1. The highest BCUT2D eigenvalue weighted by Gasteiger charge is 2.02. The fourth-order valence-electron chi connectivity index (χ4n) is 1.36. The maximum absolute atomic E-state index is 10.2. The molecular weight excluding hydrogens is 182 g/mol. The van der Waals surface area contributed by atoms with Gasteiger partial charge in [0.1, 0.15) is 5.75 Å². The molecule has 2 rings (SSSR count). The van der Waals surface area contributed by atoms with Crippen LogP contribution in [0.4, 0.5) is 0 Å². The first kappa shape index (κ1) is 8.62. The first-order valence-corrected chi connectivity index (χ1v) is 4.11. The van der Waals surface area contributed by atoms with E-state index in [0.29, 0.717) is 6.47 Å². The van der Waals surface area contributed by atoms with Crippen molar-refractivity contribution >= 4 is 17.4 Å². The van der Waals surface area contributed by atoms with Gasteiger partial charge in [0, 0.05) is 11.6 Å². The quantitative estimate of drug-likeness (QED) is 0.685. The van der Waals surface area contributed by atoms with Crippen LogP contribution < -0.4 is 9.57 Å². The van der Waals surface area contributed by atoms with Crippen LogP contribution in [0.3, 0.4) is 0 Å². The Kier molecular flexibility index (Phi) is 2.10. The average Bonchev–Trinajstić information content (AvgIpc) is 2.61. The van der Waals surface area contributed by atoms with Gasteiger partial charge in [-0.15, -0.1) is 0 Å². The molecule has 0 fully saturated rings. The van der Waals surface area contributed by atoms with Gasteiger partial charge >= 0.3 is 6.47 Å². The van der Waals surface area contributed by atoms with Gasteiger partial charge in [0.25, 0.3) is 0 Å². The molecular formula is C10H9NO3. The van der Waals surface area contributed by atoms with Gasteiger partial charge in [-0.25, -0.2) is 0 Å². The predicted octanol–water partition coefficient (Wildman–Crippen LogP) is 1.23. The third-order valence-electron chi connectivity index (χ3n) is 2.02. The molecule has 0 unspecified atom stereocenters. The van der Waals surface area contributed by atoms with Crippen LogP contribution in [0.5, 0.6) is 5.75 Å². The normalized spacial score (nSPS) is 10.1. The minimum absolute atomic E-state index is 0.393. The lowest BCUT2D eigenvalue weighted by atomic mass is 10.2. The van der Waals surface area contributed by atoms with Gasteiger partial charge in [0.05, 0.1) is 12.6 Å². The molecule has 0 amide bonds. The summed E-state index contributed by atoms with van der Waals surface area (Å²) >= 11 is 0. The molecule has 0 aliphatic carbocycles. The summed E-state index contributed by atoms with van der Waals surface area (Å²) in [6, 6.07) is 7.37. The zero-order valence-corrected chi connectivity index (χ0v) is 7.64. The molecule has 1 aromatic heterocycles. The summed E-state index contributed by atoms with van der Waals surface area (Å²) in [5.74, 6) is 0.779. The number of fused-ring (bicyclic) bond motifs is 1. The summed E-state index contributed by atoms with van der Waals surface area (Å²) in [5.41, 5.74) is 0.831. The van der Waals surface area contributed by atoms with Crippen molar-refractivity contribution in [3.8, 4) is 5.75 Å². The van der Waals surface area contributed by atoms with Crippen molar-refractivity contribution in [1.82, 2.24) is 4.73 Å². The Morgan fingerprint density at radius 1 is 1.36 bits per heavy atom. The molecule has 0 saturated heterocycles. The molecule has 72 valence electrons. The van der Waals surface area contributed by atoms with Crippen LogP contribution in [0.2, 0.25) is 0 Å². The molecule has 0 aliphatic heterocycles. The van der Waals surface area contributed by atoms with E-state index in [1.54, 1.807) is 13.3 Å². The van der Waals surface area contributed by atoms with Crippen molar-refractivity contribution in [3.05, 3.63) is 30.5 Å². The summed E-state index contributed by atoms with van der Waals surface area (Å²) in [5, 5.41) is 0.964. The van der Waals surface area contributed by atoms with E-state index >= 15 is 0 Å². The van der Waals surface area contributed by atoms with Crippen molar-refractivity contribution in [1.29, 1.82) is 0 Å². The Hall–Kier alpha value is -1.97. The summed E-state index contributed by atoms with van der Waals surface area (Å²) in [6.45, 7) is 0.393. The summed E-state index contributed by atoms with van der Waals surface area (Å²) in [6.07, 6.45) is 1.68. The number of hydrogen-bond acceptors (Lipinski definition) is 3. The Morgan fingerprint density at radius 2 is 2.21 bits per heavy atom. The fraction of sp³-hybridized carbons (Fsp3) is 0.100. The number of nitrogens with zero attached hydrogens (tertiary/aromatic N) is 1. The summed E-state index contributed by atoms with van der Waals surface area (Å²) in [7, 11) is 1.61. The van der Waals surface area contributed by atoms with E-state index in [1.165, 1.54) is 4.73 Å². The SMILES string of the molecule is COc1ccc2c(ccn2OC=O)c1. The van der Waals surface area contributed by atoms with Crippen LogP contribution in [-0.4, -0.2) is 18.3 Å². The maximum Gasteiger partial charge on any atom is 0.321 e. The van der Waals surface area contributed by atoms with Crippen molar-refractivity contribution in [3.63, 3.8) is 0 Å². The highest BCUT2D eigenvalue weighted by molar-refractivity contribution is 5.81. The summed E-state index contributed by atoms with van der Waals surface area (Å²) < 4.78 is 6.48. The van der Waals surface area contributed by atoms with Crippen molar-refractivity contribution in [2.45, 2.75) is 0 Å². The third-order valence-corrected chi connectivity index (χ3v) is 2.02. The number of hydrogen-bond donors (Lipinski definition) is 0. The van der Waals surface area contributed by atoms with E-state index < -0.39 is 0 Å². The Bertz CT molecular complexity index is 461. The lowest BCUT2D eigenvalue weighted by Crippen LogP contribution is -2.06. The zero-order chi connectivity index (χ0) is 9.97. The number of aromatic nitrogens is 1. The second-order valence-corrected chi connectivity index (χ2v) is 2.77. The van der Waals surface area contributed by atoms with E-state index in [4.69, 9.17) is 9.57 Å². The number of methoxy groups -OCH3 is 1. The average molecular weight is 191 g/mol. The first-order chi connectivity index (χ1) is 6.85. The summed E-state index contributed by atoms with van der Waals surface area (Å²) in [4.78, 5) is 14.9. The van der Waals surface area contributed by atoms with Crippen molar-refractivity contribution in [2.24, 2.45) is 0 Å². The van der Waals surface area contributed by atoms with Gasteiger partial charge in [-0.05, 0) is 24.3 Å². The molecule has 0 N–H and O–H groups in total. The molecule has 14 heavy (non-hydrogen) atoms. The van der Waals surface area contributed by atoms with E-state index in [-0.39, 0.29) is 0 Å². The fourth-order valence-corrected chi connectivity index (χ4v) is 1.36. The molecule has 2 aromatic rings. The van der Waals surface area contributed by atoms with Crippen molar-refractivity contribution in [2.75, 3.05) is 7.11 Å². The Morgan fingerprint density at radius 3 is 2.93 bits per heavy atom. The van der Waals surface area contributed by atoms with Gasteiger partial charge in [0.2, 0.25) is 0 Å². The maximum atomic E-state index is 10.2. The molecule has 0 radical (unpaired) electrons. The molecule has 0 aliphatic rings. The number of carbonyl (C=O) groups excluding carboxylic acids is 1. The second-order valence-electron chi connectivity index (χ2n) is 2.77. The van der Waals surface area contributed by atoms with Gasteiger partial charge < -0.3 is 9.57 Å². The molecule has 4 heteroatoms. The minimum atomic E-state index is 0.393. The van der Waals surface area contributed by atoms with Crippen LogP contribution in [0.25, 0.3) is 10.9 Å². The number of ether oxygens (including phenoxy) is 1. The van der Waals surface area contributed by atoms with Crippen LogP contribution in [-0.2, 0) is 4.79 Å². The van der Waals surface area contributed by atoms with E-state index in [1.807, 2.05) is 24.3 Å². The van der Waals surface area contributed by atoms with E-state index in [2.05, 4.69) is 0 Å². The zero-order valence-electron chi connectivity index (χ0n) is 7.64. The molecule has 0 atom stereocenters. The van der Waals surface area contributed by atoms with Gasteiger partial charge in [-0.2, -0.15) is 4.73 Å². The number of rotatable bonds is 3. The standard InChI is InChI=1S/C10H9NO3/c1-13-9-2-3-10-8(6-9)4-5-11(10)14-7-12/h2-7H,1H3. The van der Waals surface area contributed by atoms with Crippen LogP contribution in [0, 0.1) is 0 Å². The van der Waals surface area contributed by atoms with Gasteiger partial charge in [-0.1, -0.05) is 0 Å². The molecule has 0 bridgehead atoms. The monoisotopic (exact) mass is 191 g/mol. The lowest BCUT2D eigenvalue weighted by Gasteiger charge is -2.01. The topological polar surface area (TPSA) is 40.5 Å². The van der Waals surface area contributed by atoms with Crippen LogP contribution in [0.1, 0.15) is 0 Å². The predicted molar refractivity (Wildman–Crippen MR) is 51.1 cm³/mol. The first-order valence-electron chi connectivity index (χ1n) is 4.11. The third kappa shape index (κ3) is 1.31. The second kappa shape index (κ2) is 3.41. The highest BCUT2D eigenvalue weighted by atomic mass is 16.7. The highest BCUT2D eigenvalue weighted by Crippen LogP contribution is 2.20. The van der Waals surface area contributed by atoms with E-state index in [0.717, 1.165) is 16.7 Å². The Balaban J connectivity index is 2.53. The molecule has 4 nitrogen and oxygen atoms in total. The smallest absolute Gasteiger partial charge is 0.321 e. The van der Waals surface area contributed by atoms with E-state index in [9.17, 15) is 4.79 Å². The van der Waals surface area contributed by atoms with Crippen LogP contribution in [0.15, 0.2) is 30.5 Å². The molecule has 0 saturated carbocycles. The van der Waals surface area contributed by atoms with Crippen molar-refractivity contribution < 1.29 is 14.4 Å². The molecule has 0 spiro atoms. The Labute approximate surface area is 80.6 Å². The molecule has 1 heterocycles.